The van der Waals surface area contributed by atoms with Crippen molar-refractivity contribution in [3.05, 3.63) is 16.1 Å². The number of hydrogen-bond acceptors (Lipinski definition) is 3. The van der Waals surface area contributed by atoms with Crippen LogP contribution in [0.4, 0.5) is 0 Å². The van der Waals surface area contributed by atoms with E-state index in [1.165, 1.54) is 0 Å². The normalized spacial score (nSPS) is 12.0. The first-order valence-corrected chi connectivity index (χ1v) is 4.51. The van der Waals surface area contributed by atoms with E-state index in [0.29, 0.717) is 6.54 Å². The Bertz CT molecular complexity index is 234. The van der Waals surface area contributed by atoms with E-state index in [9.17, 15) is 0 Å². The quantitative estimate of drug-likeness (QED) is 0.699. The van der Waals surface area contributed by atoms with Crippen molar-refractivity contribution in [1.82, 2.24) is 4.98 Å². The van der Waals surface area contributed by atoms with Gasteiger partial charge in [-0.25, -0.2) is 4.98 Å². The van der Waals surface area contributed by atoms with E-state index in [1.807, 2.05) is 6.20 Å². The van der Waals surface area contributed by atoms with Gasteiger partial charge in [0.05, 0.1) is 5.01 Å². The first-order valence-electron chi connectivity index (χ1n) is 3.69. The fourth-order valence-electron chi connectivity index (χ4n) is 0.749. The minimum absolute atomic E-state index is 0.165. The molecule has 0 bridgehead atoms. The molecule has 1 aromatic heterocycles. The molecule has 1 aromatic rings. The Balaban J connectivity index is 2.89. The van der Waals surface area contributed by atoms with Crippen LogP contribution in [0.25, 0.3) is 0 Å². The molecule has 0 aliphatic heterocycles. The lowest BCUT2D eigenvalue weighted by Gasteiger charge is -2.13. The average molecular weight is 170 g/mol. The third-order valence-corrected chi connectivity index (χ3v) is 2.84. The van der Waals surface area contributed by atoms with Crippen LogP contribution in [0.5, 0.6) is 0 Å². The van der Waals surface area contributed by atoms with Gasteiger partial charge in [0.25, 0.3) is 0 Å². The molecule has 0 aliphatic carbocycles. The fourth-order valence-corrected chi connectivity index (χ4v) is 1.60. The van der Waals surface area contributed by atoms with E-state index < -0.39 is 0 Å². The second-order valence-corrected chi connectivity index (χ2v) is 4.70. The van der Waals surface area contributed by atoms with Crippen LogP contribution in [0.2, 0.25) is 0 Å². The second-order valence-electron chi connectivity index (χ2n) is 3.59. The summed E-state index contributed by atoms with van der Waals surface area (Å²) >= 11 is 1.70. The molecule has 0 atom stereocenters. The Kier molecular flexibility index (Phi) is 2.30. The zero-order valence-corrected chi connectivity index (χ0v) is 8.03. The molecule has 0 spiro atoms. The van der Waals surface area contributed by atoms with Gasteiger partial charge in [-0.1, -0.05) is 20.8 Å². The Labute approximate surface area is 71.5 Å². The lowest BCUT2D eigenvalue weighted by molar-refractivity contribution is 0.585. The smallest absolute Gasteiger partial charge is 0.0981 e. The number of nitrogens with two attached hydrogens (primary N) is 1. The molecule has 11 heavy (non-hydrogen) atoms. The highest BCUT2D eigenvalue weighted by molar-refractivity contribution is 7.11. The predicted octanol–water partition coefficient (Wildman–Crippen LogP) is 1.90. The molecule has 0 amide bonds. The van der Waals surface area contributed by atoms with E-state index >= 15 is 0 Å². The maximum atomic E-state index is 5.48. The lowest BCUT2D eigenvalue weighted by Crippen LogP contribution is -2.09. The maximum absolute atomic E-state index is 5.48. The van der Waals surface area contributed by atoms with Crippen molar-refractivity contribution in [2.24, 2.45) is 5.73 Å². The Morgan fingerprint density at radius 2 is 2.18 bits per heavy atom. The minimum Gasteiger partial charge on any atom is -0.326 e. The Morgan fingerprint density at radius 3 is 2.45 bits per heavy atom. The van der Waals surface area contributed by atoms with Crippen molar-refractivity contribution < 1.29 is 0 Å². The summed E-state index contributed by atoms with van der Waals surface area (Å²) in [6.07, 6.45) is 1.87. The number of hydrogen-bond donors (Lipinski definition) is 1. The van der Waals surface area contributed by atoms with Gasteiger partial charge in [-0.05, 0) is 0 Å². The average Bonchev–Trinajstić information content (AvgIpc) is 2.32. The molecule has 0 fully saturated rings. The summed E-state index contributed by atoms with van der Waals surface area (Å²) in [7, 11) is 0. The summed E-state index contributed by atoms with van der Waals surface area (Å²) in [5.74, 6) is 0. The van der Waals surface area contributed by atoms with Crippen LogP contribution in [0, 0.1) is 0 Å². The molecule has 62 valence electrons. The molecule has 0 radical (unpaired) electrons. The van der Waals surface area contributed by atoms with Crippen molar-refractivity contribution >= 4 is 11.3 Å². The van der Waals surface area contributed by atoms with E-state index in [4.69, 9.17) is 5.73 Å². The van der Waals surface area contributed by atoms with Crippen LogP contribution < -0.4 is 5.73 Å². The predicted molar refractivity (Wildman–Crippen MR) is 48.7 cm³/mol. The summed E-state index contributed by atoms with van der Waals surface area (Å²) in [6, 6.07) is 0. The molecule has 0 aliphatic rings. The molecular weight excluding hydrogens is 156 g/mol. The van der Waals surface area contributed by atoms with Gasteiger partial charge in [0.15, 0.2) is 0 Å². The third kappa shape index (κ3) is 2.01. The molecule has 1 rings (SSSR count). The van der Waals surface area contributed by atoms with E-state index in [1.54, 1.807) is 11.3 Å². The van der Waals surface area contributed by atoms with Gasteiger partial charge in [0, 0.05) is 23.0 Å². The molecule has 0 saturated heterocycles. The Morgan fingerprint density at radius 1 is 1.55 bits per heavy atom. The van der Waals surface area contributed by atoms with Gasteiger partial charge in [0.2, 0.25) is 0 Å². The number of nitrogens with zero attached hydrogens (tertiary/aromatic N) is 1. The van der Waals surface area contributed by atoms with Crippen molar-refractivity contribution in [1.29, 1.82) is 0 Å². The monoisotopic (exact) mass is 170 g/mol. The Hall–Kier alpha value is -0.410. The first kappa shape index (κ1) is 8.68. The van der Waals surface area contributed by atoms with Crippen molar-refractivity contribution in [3.8, 4) is 0 Å². The van der Waals surface area contributed by atoms with Crippen LogP contribution in [0.15, 0.2) is 6.20 Å². The van der Waals surface area contributed by atoms with Crippen molar-refractivity contribution in [2.75, 3.05) is 0 Å². The van der Waals surface area contributed by atoms with Gasteiger partial charge in [-0.3, -0.25) is 0 Å². The zero-order chi connectivity index (χ0) is 8.48. The zero-order valence-electron chi connectivity index (χ0n) is 7.22. The highest BCUT2D eigenvalue weighted by Crippen LogP contribution is 2.26. The highest BCUT2D eigenvalue weighted by atomic mass is 32.1. The minimum atomic E-state index is 0.165. The van der Waals surface area contributed by atoms with Gasteiger partial charge >= 0.3 is 0 Å². The van der Waals surface area contributed by atoms with Crippen molar-refractivity contribution in [3.63, 3.8) is 0 Å². The fraction of sp³-hybridized carbons (Fsp3) is 0.625. The van der Waals surface area contributed by atoms with Gasteiger partial charge in [-0.2, -0.15) is 0 Å². The van der Waals surface area contributed by atoms with Crippen LogP contribution in [-0.2, 0) is 12.0 Å². The van der Waals surface area contributed by atoms with Crippen LogP contribution in [0.3, 0.4) is 0 Å². The summed E-state index contributed by atoms with van der Waals surface area (Å²) < 4.78 is 0. The summed E-state index contributed by atoms with van der Waals surface area (Å²) in [4.78, 5) is 5.46. The third-order valence-electron chi connectivity index (χ3n) is 1.40. The van der Waals surface area contributed by atoms with Gasteiger partial charge in [-0.15, -0.1) is 11.3 Å². The maximum Gasteiger partial charge on any atom is 0.0981 e. The van der Waals surface area contributed by atoms with E-state index in [2.05, 4.69) is 25.8 Å². The topological polar surface area (TPSA) is 38.9 Å². The second kappa shape index (κ2) is 2.91. The van der Waals surface area contributed by atoms with Crippen LogP contribution in [0.1, 0.15) is 30.7 Å². The molecule has 2 nitrogen and oxygen atoms in total. The van der Waals surface area contributed by atoms with Crippen LogP contribution >= 0.6 is 11.3 Å². The SMILES string of the molecule is CC(C)(C)c1ncc(CN)s1. The van der Waals surface area contributed by atoms with E-state index in [0.717, 1.165) is 9.88 Å². The molecule has 1 heterocycles. The largest absolute Gasteiger partial charge is 0.326 e. The van der Waals surface area contributed by atoms with Crippen LogP contribution in [-0.4, -0.2) is 4.98 Å². The molecule has 0 aromatic carbocycles. The first-order chi connectivity index (χ1) is 5.04. The number of thiazole rings is 1. The molecular formula is C8H14N2S. The molecule has 0 unspecified atom stereocenters. The summed E-state index contributed by atoms with van der Waals surface area (Å²) in [5, 5.41) is 1.16. The molecule has 3 heteroatoms. The number of aromatic nitrogens is 1. The highest BCUT2D eigenvalue weighted by Gasteiger charge is 2.17. The lowest BCUT2D eigenvalue weighted by atomic mass is 9.98. The standard InChI is InChI=1S/C8H14N2S/c1-8(2,3)7-10-5-6(4-9)11-7/h5H,4,9H2,1-3H3. The van der Waals surface area contributed by atoms with Gasteiger partial charge < -0.3 is 5.73 Å². The summed E-state index contributed by atoms with van der Waals surface area (Å²) in [5.41, 5.74) is 5.64. The molecule has 0 saturated carbocycles. The summed E-state index contributed by atoms with van der Waals surface area (Å²) in [6.45, 7) is 7.08. The molecule has 2 N–H and O–H groups in total. The van der Waals surface area contributed by atoms with Crippen molar-refractivity contribution in [2.45, 2.75) is 32.7 Å². The van der Waals surface area contributed by atoms with E-state index in [-0.39, 0.29) is 5.41 Å². The van der Waals surface area contributed by atoms with Gasteiger partial charge in [0.1, 0.15) is 0 Å². The number of rotatable bonds is 1.